The van der Waals surface area contributed by atoms with E-state index in [-0.39, 0.29) is 11.7 Å². The molecule has 3 rings (SSSR count). The third-order valence-electron chi connectivity index (χ3n) is 3.70. The molecule has 0 atom stereocenters. The summed E-state index contributed by atoms with van der Waals surface area (Å²) in [4.78, 5) is 17.8. The first-order valence-corrected chi connectivity index (χ1v) is 10.6. The molecule has 28 heavy (non-hydrogen) atoms. The van der Waals surface area contributed by atoms with Crippen LogP contribution in [0.4, 0.5) is 0 Å². The Morgan fingerprint density at radius 3 is 2.57 bits per heavy atom. The minimum Gasteiger partial charge on any atom is -0.459 e. The highest BCUT2D eigenvalue weighted by Gasteiger charge is 2.20. The lowest BCUT2D eigenvalue weighted by molar-refractivity contribution is -0.151. The van der Waals surface area contributed by atoms with Gasteiger partial charge in [0.1, 0.15) is 16.7 Å². The number of thioether (sulfide) groups is 1. The molecule has 0 aliphatic rings. The molecule has 0 bridgehead atoms. The Morgan fingerprint density at radius 1 is 1.21 bits per heavy atom. The number of aromatic nitrogens is 1. The summed E-state index contributed by atoms with van der Waals surface area (Å²) in [7, 11) is 0. The van der Waals surface area contributed by atoms with Crippen LogP contribution in [0.15, 0.2) is 58.9 Å². The molecule has 0 fully saturated rings. The zero-order chi connectivity index (χ0) is 20.1. The van der Waals surface area contributed by atoms with Crippen molar-refractivity contribution in [2.45, 2.75) is 31.4 Å². The zero-order valence-electron chi connectivity index (χ0n) is 15.9. The van der Waals surface area contributed by atoms with Crippen LogP contribution in [0.5, 0.6) is 0 Å². The van der Waals surface area contributed by atoms with E-state index in [9.17, 15) is 10.1 Å². The summed E-state index contributed by atoms with van der Waals surface area (Å²) in [6, 6.07) is 18.0. The van der Waals surface area contributed by atoms with Crippen LogP contribution in [-0.2, 0) is 9.53 Å². The highest BCUT2D eigenvalue weighted by molar-refractivity contribution is 7.99. The van der Waals surface area contributed by atoms with E-state index < -0.39 is 5.60 Å². The van der Waals surface area contributed by atoms with Crippen LogP contribution < -0.4 is 0 Å². The van der Waals surface area contributed by atoms with Crippen molar-refractivity contribution in [2.75, 3.05) is 5.75 Å². The first-order valence-electron chi connectivity index (χ1n) is 8.76. The number of ether oxygens (including phenoxy) is 1. The second kappa shape index (κ2) is 8.59. The monoisotopic (exact) mass is 408 g/mol. The van der Waals surface area contributed by atoms with E-state index in [1.165, 1.54) is 11.8 Å². The number of rotatable bonds is 5. The zero-order valence-corrected chi connectivity index (χ0v) is 17.6. The Kier molecular flexibility index (Phi) is 6.18. The number of esters is 1. The smallest absolute Gasteiger partial charge is 0.316 e. The largest absolute Gasteiger partial charge is 0.459 e. The van der Waals surface area contributed by atoms with Gasteiger partial charge in [-0.2, -0.15) is 5.26 Å². The van der Waals surface area contributed by atoms with Crippen LogP contribution in [0, 0.1) is 11.3 Å². The average molecular weight is 409 g/mol. The van der Waals surface area contributed by atoms with Crippen LogP contribution in [0.1, 0.15) is 26.3 Å². The van der Waals surface area contributed by atoms with E-state index in [2.05, 4.69) is 6.07 Å². The number of carbonyl (C=O) groups is 1. The van der Waals surface area contributed by atoms with Gasteiger partial charge in [-0.25, -0.2) is 4.98 Å². The van der Waals surface area contributed by atoms with Gasteiger partial charge in [0.2, 0.25) is 0 Å². The van der Waals surface area contributed by atoms with Crippen molar-refractivity contribution in [3.63, 3.8) is 0 Å². The molecular formula is C22H20N2O2S2. The normalized spacial score (nSPS) is 11.1. The SMILES string of the molecule is CC(C)(C)OC(=O)CSc1nc(-c2ccccc2)cc(-c2cccs2)c1C#N. The van der Waals surface area contributed by atoms with Crippen molar-refractivity contribution in [1.29, 1.82) is 5.26 Å². The number of carbonyl (C=O) groups excluding carboxylic acids is 1. The fraction of sp³-hybridized carbons (Fsp3) is 0.227. The van der Waals surface area contributed by atoms with Crippen LogP contribution in [-0.4, -0.2) is 22.3 Å². The second-order valence-corrected chi connectivity index (χ2v) is 8.98. The molecule has 142 valence electrons. The minimum absolute atomic E-state index is 0.0983. The van der Waals surface area contributed by atoms with E-state index in [1.54, 1.807) is 11.3 Å². The quantitative estimate of drug-likeness (QED) is 0.395. The third-order valence-corrected chi connectivity index (χ3v) is 5.55. The molecule has 0 amide bonds. The summed E-state index contributed by atoms with van der Waals surface area (Å²) < 4.78 is 5.38. The molecular weight excluding hydrogens is 388 g/mol. The van der Waals surface area contributed by atoms with Crippen molar-refractivity contribution in [2.24, 2.45) is 0 Å². The molecule has 0 aliphatic carbocycles. The number of thiophene rings is 1. The summed E-state index contributed by atoms with van der Waals surface area (Å²) in [6.07, 6.45) is 0. The van der Waals surface area contributed by atoms with Gasteiger partial charge in [0.25, 0.3) is 0 Å². The Balaban J connectivity index is 2.01. The Bertz CT molecular complexity index is 1000. The lowest BCUT2D eigenvalue weighted by atomic mass is 10.0. The van der Waals surface area contributed by atoms with Crippen molar-refractivity contribution in [1.82, 2.24) is 4.98 Å². The van der Waals surface area contributed by atoms with Crippen molar-refractivity contribution in [3.8, 4) is 27.8 Å². The summed E-state index contributed by atoms with van der Waals surface area (Å²) >= 11 is 2.81. The molecule has 0 saturated carbocycles. The molecule has 1 aromatic carbocycles. The van der Waals surface area contributed by atoms with Gasteiger partial charge in [0, 0.05) is 16.0 Å². The molecule has 0 saturated heterocycles. The maximum atomic E-state index is 12.1. The summed E-state index contributed by atoms with van der Waals surface area (Å²) in [5, 5.41) is 12.3. The first-order chi connectivity index (χ1) is 13.4. The summed E-state index contributed by atoms with van der Waals surface area (Å²) in [6.45, 7) is 5.50. The lowest BCUT2D eigenvalue weighted by Crippen LogP contribution is -2.25. The number of hydrogen-bond acceptors (Lipinski definition) is 6. The Hall–Kier alpha value is -2.62. The number of pyridine rings is 1. The van der Waals surface area contributed by atoms with Crippen molar-refractivity contribution < 1.29 is 9.53 Å². The van der Waals surface area contributed by atoms with E-state index in [0.717, 1.165) is 21.7 Å². The number of hydrogen-bond donors (Lipinski definition) is 0. The van der Waals surface area contributed by atoms with Gasteiger partial charge < -0.3 is 4.74 Å². The lowest BCUT2D eigenvalue weighted by Gasteiger charge is -2.19. The third kappa shape index (κ3) is 5.00. The predicted molar refractivity (Wildman–Crippen MR) is 114 cm³/mol. The molecule has 3 aromatic rings. The van der Waals surface area contributed by atoms with E-state index in [0.29, 0.717) is 10.6 Å². The minimum atomic E-state index is -0.544. The Labute approximate surface area is 173 Å². The summed E-state index contributed by atoms with van der Waals surface area (Å²) in [5.41, 5.74) is 2.50. The molecule has 2 heterocycles. The Morgan fingerprint density at radius 2 is 1.96 bits per heavy atom. The maximum absolute atomic E-state index is 12.1. The van der Waals surface area contributed by atoms with Gasteiger partial charge in [-0.15, -0.1) is 11.3 Å². The molecule has 2 aromatic heterocycles. The molecule has 0 N–H and O–H groups in total. The van der Waals surface area contributed by atoms with Gasteiger partial charge >= 0.3 is 5.97 Å². The topological polar surface area (TPSA) is 63.0 Å². The van der Waals surface area contributed by atoms with Gasteiger partial charge in [0.05, 0.1) is 17.0 Å². The highest BCUT2D eigenvalue weighted by atomic mass is 32.2. The number of nitrogens with zero attached hydrogens (tertiary/aromatic N) is 2. The number of benzene rings is 1. The van der Waals surface area contributed by atoms with Gasteiger partial charge in [-0.1, -0.05) is 48.2 Å². The molecule has 0 aliphatic heterocycles. The van der Waals surface area contributed by atoms with Crippen LogP contribution in [0.2, 0.25) is 0 Å². The predicted octanol–water partition coefficient (Wildman–Crippen LogP) is 5.78. The molecule has 6 heteroatoms. The van der Waals surface area contributed by atoms with Crippen LogP contribution >= 0.6 is 23.1 Å². The second-order valence-electron chi connectivity index (χ2n) is 7.07. The molecule has 0 spiro atoms. The maximum Gasteiger partial charge on any atom is 0.316 e. The van der Waals surface area contributed by atoms with Crippen molar-refractivity contribution >= 4 is 29.1 Å². The van der Waals surface area contributed by atoms with Gasteiger partial charge in [-0.3, -0.25) is 4.79 Å². The molecule has 0 radical (unpaired) electrons. The van der Waals surface area contributed by atoms with E-state index in [4.69, 9.17) is 9.72 Å². The molecule has 4 nitrogen and oxygen atoms in total. The first kappa shape index (κ1) is 20.1. The van der Waals surface area contributed by atoms with Gasteiger partial charge in [0.15, 0.2) is 0 Å². The fourth-order valence-electron chi connectivity index (χ4n) is 2.62. The highest BCUT2D eigenvalue weighted by Crippen LogP contribution is 2.36. The van der Waals surface area contributed by atoms with Gasteiger partial charge in [-0.05, 0) is 38.3 Å². The average Bonchev–Trinajstić information content (AvgIpc) is 3.19. The van der Waals surface area contributed by atoms with Crippen LogP contribution in [0.3, 0.4) is 0 Å². The number of nitriles is 1. The van der Waals surface area contributed by atoms with Crippen molar-refractivity contribution in [3.05, 3.63) is 59.5 Å². The fourth-order valence-corrected chi connectivity index (χ4v) is 4.14. The van der Waals surface area contributed by atoms with Crippen LogP contribution in [0.25, 0.3) is 21.7 Å². The van der Waals surface area contributed by atoms with E-state index in [1.807, 2.05) is 74.7 Å². The standard InChI is InChI=1S/C22H20N2O2S2/c1-22(2,3)26-20(25)14-28-21-17(13-23)16(19-10-7-11-27-19)12-18(24-21)15-8-5-4-6-9-15/h4-12H,14H2,1-3H3. The molecule has 0 unspecified atom stereocenters. The van der Waals surface area contributed by atoms with E-state index >= 15 is 0 Å². The summed E-state index contributed by atoms with van der Waals surface area (Å²) in [5.74, 6) is -0.230.